The topological polar surface area (TPSA) is 77.5 Å². The lowest BCUT2D eigenvalue weighted by molar-refractivity contribution is 0.0517. The van der Waals surface area contributed by atoms with Crippen LogP contribution in [-0.2, 0) is 9.47 Å². The number of pyridine rings is 1. The van der Waals surface area contributed by atoms with Crippen LogP contribution in [0.4, 0.5) is 11.4 Å². The van der Waals surface area contributed by atoms with Gasteiger partial charge in [0.05, 0.1) is 35.0 Å². The molecule has 6 nitrogen and oxygen atoms in total. The van der Waals surface area contributed by atoms with Crippen LogP contribution in [0.2, 0.25) is 10.0 Å². The predicted octanol–water partition coefficient (Wildman–Crippen LogP) is 5.64. The lowest BCUT2D eigenvalue weighted by Gasteiger charge is -2.15. The zero-order valence-corrected chi connectivity index (χ0v) is 17.3. The third-order valence-corrected chi connectivity index (χ3v) is 4.56. The van der Waals surface area contributed by atoms with Crippen molar-refractivity contribution in [3.8, 4) is 0 Å². The molecule has 0 atom stereocenters. The van der Waals surface area contributed by atoms with Crippen molar-refractivity contribution < 1.29 is 19.1 Å². The monoisotopic (exact) mass is 432 g/mol. The van der Waals surface area contributed by atoms with Crippen molar-refractivity contribution in [2.24, 2.45) is 0 Å². The Balaban J connectivity index is 2.07. The Morgan fingerprint density at radius 3 is 2.31 bits per heavy atom. The van der Waals surface area contributed by atoms with Crippen LogP contribution in [-0.4, -0.2) is 30.1 Å². The van der Waals surface area contributed by atoms with Crippen molar-refractivity contribution in [2.75, 3.05) is 18.5 Å². The molecule has 0 bridgehead atoms. The van der Waals surface area contributed by atoms with Crippen LogP contribution in [0.25, 0.3) is 10.9 Å². The summed E-state index contributed by atoms with van der Waals surface area (Å²) >= 11 is 12.4. The summed E-state index contributed by atoms with van der Waals surface area (Å²) in [4.78, 5) is 28.6. The molecule has 1 aromatic heterocycles. The molecule has 3 aromatic rings. The van der Waals surface area contributed by atoms with Gasteiger partial charge in [-0.25, -0.2) is 9.59 Å². The molecule has 0 aliphatic heterocycles. The van der Waals surface area contributed by atoms with Crippen molar-refractivity contribution in [1.29, 1.82) is 0 Å². The average Bonchev–Trinajstić information content (AvgIpc) is 2.69. The first-order valence-corrected chi connectivity index (χ1v) is 9.69. The molecule has 1 N–H and O–H groups in total. The van der Waals surface area contributed by atoms with Gasteiger partial charge in [0.1, 0.15) is 5.56 Å². The summed E-state index contributed by atoms with van der Waals surface area (Å²) in [5.41, 5.74) is 2.27. The van der Waals surface area contributed by atoms with E-state index >= 15 is 0 Å². The number of aromatic nitrogens is 1. The normalized spacial score (nSPS) is 10.6. The van der Waals surface area contributed by atoms with Gasteiger partial charge in [-0.3, -0.25) is 4.98 Å². The van der Waals surface area contributed by atoms with E-state index in [0.29, 0.717) is 44.5 Å². The summed E-state index contributed by atoms with van der Waals surface area (Å²) < 4.78 is 10.1. The molecule has 0 spiro atoms. The van der Waals surface area contributed by atoms with Crippen LogP contribution in [0.15, 0.2) is 42.6 Å². The Labute approximate surface area is 177 Å². The first-order valence-electron chi connectivity index (χ1n) is 8.93. The zero-order chi connectivity index (χ0) is 21.0. The highest BCUT2D eigenvalue weighted by molar-refractivity contribution is 6.38. The molecule has 0 unspecified atom stereocenters. The van der Waals surface area contributed by atoms with E-state index < -0.39 is 11.9 Å². The maximum Gasteiger partial charge on any atom is 0.341 e. The molecular formula is C21H18Cl2N2O4. The average molecular weight is 433 g/mol. The lowest BCUT2D eigenvalue weighted by Crippen LogP contribution is -2.09. The highest BCUT2D eigenvalue weighted by Gasteiger charge is 2.19. The second-order valence-electron chi connectivity index (χ2n) is 5.97. The fourth-order valence-electron chi connectivity index (χ4n) is 2.77. The Morgan fingerprint density at radius 2 is 1.66 bits per heavy atom. The first-order chi connectivity index (χ1) is 13.9. The minimum absolute atomic E-state index is 0.223. The number of rotatable bonds is 6. The molecule has 2 aromatic carbocycles. The van der Waals surface area contributed by atoms with Crippen molar-refractivity contribution in [3.63, 3.8) is 0 Å². The Hall–Kier alpha value is -2.83. The zero-order valence-electron chi connectivity index (χ0n) is 15.8. The molecule has 1 heterocycles. The first kappa shape index (κ1) is 20.9. The second-order valence-corrected chi connectivity index (χ2v) is 6.82. The number of nitrogens with one attached hydrogen (secondary N) is 1. The van der Waals surface area contributed by atoms with Gasteiger partial charge in [0.15, 0.2) is 0 Å². The van der Waals surface area contributed by atoms with Gasteiger partial charge >= 0.3 is 11.9 Å². The van der Waals surface area contributed by atoms with Crippen molar-refractivity contribution >= 4 is 57.4 Å². The summed E-state index contributed by atoms with van der Waals surface area (Å²) in [6.45, 7) is 3.99. The maximum atomic E-state index is 12.5. The van der Waals surface area contributed by atoms with Gasteiger partial charge in [0, 0.05) is 22.3 Å². The number of benzene rings is 2. The fraction of sp³-hybridized carbons (Fsp3) is 0.190. The number of nitrogens with zero attached hydrogens (tertiary/aromatic N) is 1. The number of ether oxygens (including phenoxy) is 2. The van der Waals surface area contributed by atoms with Gasteiger partial charge in [0.25, 0.3) is 0 Å². The van der Waals surface area contributed by atoms with E-state index in [1.54, 1.807) is 50.2 Å². The summed E-state index contributed by atoms with van der Waals surface area (Å²) in [6, 6.07) is 9.94. The number of halogens is 2. The number of hydrogen-bond donors (Lipinski definition) is 1. The summed E-state index contributed by atoms with van der Waals surface area (Å²) in [6.07, 6.45) is 1.41. The molecule has 8 heteroatoms. The van der Waals surface area contributed by atoms with E-state index in [2.05, 4.69) is 10.3 Å². The molecule has 29 heavy (non-hydrogen) atoms. The predicted molar refractivity (Wildman–Crippen MR) is 113 cm³/mol. The SMILES string of the molecule is CCOC(=O)c1ccc(Nc2c(C(=O)OCC)cnc3c(Cl)cc(Cl)cc23)cc1. The van der Waals surface area contributed by atoms with Crippen LogP contribution in [0.3, 0.4) is 0 Å². The third kappa shape index (κ3) is 4.60. The van der Waals surface area contributed by atoms with E-state index in [0.717, 1.165) is 0 Å². The van der Waals surface area contributed by atoms with Gasteiger partial charge in [-0.15, -0.1) is 0 Å². The minimum Gasteiger partial charge on any atom is -0.462 e. The quantitative estimate of drug-likeness (QED) is 0.507. The number of carbonyl (C=O) groups is 2. The number of fused-ring (bicyclic) bond motifs is 1. The Morgan fingerprint density at radius 1 is 1.00 bits per heavy atom. The van der Waals surface area contributed by atoms with Crippen molar-refractivity contribution in [1.82, 2.24) is 4.98 Å². The van der Waals surface area contributed by atoms with Crippen molar-refractivity contribution in [3.05, 3.63) is 63.8 Å². The minimum atomic E-state index is -0.524. The van der Waals surface area contributed by atoms with E-state index in [1.807, 2.05) is 0 Å². The molecular weight excluding hydrogens is 415 g/mol. The summed E-state index contributed by atoms with van der Waals surface area (Å²) in [7, 11) is 0. The lowest BCUT2D eigenvalue weighted by atomic mass is 10.1. The van der Waals surface area contributed by atoms with E-state index in [4.69, 9.17) is 32.7 Å². The third-order valence-electron chi connectivity index (χ3n) is 4.05. The molecule has 3 rings (SSSR count). The van der Waals surface area contributed by atoms with Gasteiger partial charge in [0.2, 0.25) is 0 Å². The van der Waals surface area contributed by atoms with Gasteiger partial charge < -0.3 is 14.8 Å². The van der Waals surface area contributed by atoms with Crippen LogP contribution in [0.1, 0.15) is 34.6 Å². The maximum absolute atomic E-state index is 12.5. The molecule has 0 saturated heterocycles. The van der Waals surface area contributed by atoms with Crippen molar-refractivity contribution in [2.45, 2.75) is 13.8 Å². The second kappa shape index (κ2) is 9.11. The molecule has 0 aliphatic rings. The molecule has 0 radical (unpaired) electrons. The van der Waals surface area contributed by atoms with Crippen LogP contribution >= 0.6 is 23.2 Å². The molecule has 0 fully saturated rings. The highest BCUT2D eigenvalue weighted by Crippen LogP contribution is 2.35. The van der Waals surface area contributed by atoms with E-state index in [-0.39, 0.29) is 12.2 Å². The Bertz CT molecular complexity index is 1070. The molecule has 0 amide bonds. The standard InChI is InChI=1S/C21H18Cl2N2O4/c1-3-28-20(26)12-5-7-14(8-6-12)25-18-15-9-13(22)10-17(23)19(15)24-11-16(18)21(27)29-4-2/h5-11H,3-4H2,1-2H3,(H,24,25). The van der Waals surface area contributed by atoms with Gasteiger partial charge in [-0.05, 0) is 50.2 Å². The van der Waals surface area contributed by atoms with Crippen LogP contribution in [0.5, 0.6) is 0 Å². The smallest absolute Gasteiger partial charge is 0.341 e. The van der Waals surface area contributed by atoms with Gasteiger partial charge in [-0.1, -0.05) is 23.2 Å². The number of anilines is 2. The van der Waals surface area contributed by atoms with Crippen LogP contribution < -0.4 is 5.32 Å². The van der Waals surface area contributed by atoms with E-state index in [9.17, 15) is 9.59 Å². The fourth-order valence-corrected chi connectivity index (χ4v) is 3.32. The van der Waals surface area contributed by atoms with Crippen LogP contribution in [0, 0.1) is 0 Å². The molecule has 0 saturated carbocycles. The van der Waals surface area contributed by atoms with Gasteiger partial charge in [-0.2, -0.15) is 0 Å². The highest BCUT2D eigenvalue weighted by atomic mass is 35.5. The largest absolute Gasteiger partial charge is 0.462 e. The Kier molecular flexibility index (Phi) is 6.56. The number of carbonyl (C=O) groups excluding carboxylic acids is 2. The summed E-state index contributed by atoms with van der Waals surface area (Å²) in [5, 5.41) is 4.54. The molecule has 150 valence electrons. The number of hydrogen-bond acceptors (Lipinski definition) is 6. The summed E-state index contributed by atoms with van der Waals surface area (Å²) in [5.74, 6) is -0.928. The van der Waals surface area contributed by atoms with E-state index in [1.165, 1.54) is 6.20 Å². The molecule has 0 aliphatic carbocycles. The number of esters is 2.